The Morgan fingerprint density at radius 3 is 2.75 bits per heavy atom. The molecule has 0 bridgehead atoms. The first-order chi connectivity index (χ1) is 5.51. The Balaban J connectivity index is 2.78. The van der Waals surface area contributed by atoms with Gasteiger partial charge in [0.1, 0.15) is 10.8 Å². The minimum Gasteiger partial charge on any atom is -0.248 e. The van der Waals surface area contributed by atoms with Crippen molar-refractivity contribution in [1.29, 1.82) is 0 Å². The Kier molecular flexibility index (Phi) is 3.09. The van der Waals surface area contributed by atoms with E-state index in [1.807, 2.05) is 0 Å². The molecule has 0 aromatic carbocycles. The van der Waals surface area contributed by atoms with Gasteiger partial charge in [0, 0.05) is 17.3 Å². The second-order valence-electron chi connectivity index (χ2n) is 2.42. The van der Waals surface area contributed by atoms with Gasteiger partial charge in [-0.1, -0.05) is 0 Å². The monoisotopic (exact) mass is 225 g/mol. The van der Waals surface area contributed by atoms with Gasteiger partial charge < -0.3 is 0 Å². The predicted octanol–water partition coefficient (Wildman–Crippen LogP) is 1.43. The molecule has 1 aromatic heterocycles. The smallest absolute Gasteiger partial charge is 0.153 e. The Hall–Kier alpha value is -0.130. The number of nitrogens with zero attached hydrogens (tertiary/aromatic N) is 1. The third-order valence-corrected chi connectivity index (χ3v) is 3.54. The largest absolute Gasteiger partial charge is 0.248 e. The lowest BCUT2D eigenvalue weighted by Crippen LogP contribution is -1.99. The summed E-state index contributed by atoms with van der Waals surface area (Å²) in [4.78, 5) is 4.83. The van der Waals surface area contributed by atoms with Crippen LogP contribution in [0.3, 0.4) is 0 Å². The normalized spacial score (nSPS) is 11.8. The summed E-state index contributed by atoms with van der Waals surface area (Å²) in [6.07, 6.45) is 2.80. The Morgan fingerprint density at radius 1 is 1.67 bits per heavy atom. The summed E-state index contributed by atoms with van der Waals surface area (Å²) >= 11 is 6.87. The molecule has 68 valence electrons. The van der Waals surface area contributed by atoms with E-state index in [4.69, 9.17) is 11.6 Å². The third kappa shape index (κ3) is 3.08. The van der Waals surface area contributed by atoms with Crippen LogP contribution in [0.4, 0.5) is 0 Å². The van der Waals surface area contributed by atoms with Crippen LogP contribution in [-0.2, 0) is 21.5 Å². The number of thiazole rings is 1. The van der Waals surface area contributed by atoms with E-state index in [1.54, 1.807) is 6.20 Å². The average Bonchev–Trinajstić information content (AvgIpc) is 2.32. The number of sulfone groups is 1. The molecule has 0 aliphatic carbocycles. The van der Waals surface area contributed by atoms with Gasteiger partial charge in [0.25, 0.3) is 0 Å². The van der Waals surface area contributed by atoms with Crippen molar-refractivity contribution in [3.8, 4) is 0 Å². The molecule has 0 saturated carbocycles. The molecule has 3 nitrogen and oxygen atoms in total. The van der Waals surface area contributed by atoms with Crippen LogP contribution >= 0.6 is 22.9 Å². The van der Waals surface area contributed by atoms with Crippen molar-refractivity contribution in [2.75, 3.05) is 6.26 Å². The minimum absolute atomic E-state index is 0.00849. The molecule has 1 heterocycles. The van der Waals surface area contributed by atoms with Crippen molar-refractivity contribution in [3.63, 3.8) is 0 Å². The number of halogens is 1. The van der Waals surface area contributed by atoms with Gasteiger partial charge in [-0.15, -0.1) is 22.9 Å². The molecular weight excluding hydrogens is 218 g/mol. The second kappa shape index (κ2) is 3.72. The quantitative estimate of drug-likeness (QED) is 0.732. The lowest BCUT2D eigenvalue weighted by atomic mass is 10.6. The van der Waals surface area contributed by atoms with Gasteiger partial charge in [0.15, 0.2) is 9.84 Å². The Labute approximate surface area is 80.3 Å². The fourth-order valence-corrected chi connectivity index (χ4v) is 2.90. The van der Waals surface area contributed by atoms with E-state index < -0.39 is 9.84 Å². The van der Waals surface area contributed by atoms with Gasteiger partial charge in [-0.2, -0.15) is 0 Å². The first kappa shape index (κ1) is 9.95. The van der Waals surface area contributed by atoms with Crippen molar-refractivity contribution in [1.82, 2.24) is 4.98 Å². The molecule has 0 aliphatic heterocycles. The Bertz CT molecular complexity index is 357. The van der Waals surface area contributed by atoms with Crippen molar-refractivity contribution >= 4 is 32.8 Å². The van der Waals surface area contributed by atoms with Crippen molar-refractivity contribution in [3.05, 3.63) is 16.1 Å². The van der Waals surface area contributed by atoms with Crippen LogP contribution in [0.1, 0.15) is 9.88 Å². The Morgan fingerprint density at radius 2 is 2.33 bits per heavy atom. The van der Waals surface area contributed by atoms with Crippen LogP contribution in [0.25, 0.3) is 0 Å². The van der Waals surface area contributed by atoms with Crippen LogP contribution in [0.5, 0.6) is 0 Å². The summed E-state index contributed by atoms with van der Waals surface area (Å²) in [6, 6.07) is 0. The SMILES string of the molecule is CS(=O)(=O)Cc1ncc(CCl)s1. The van der Waals surface area contributed by atoms with E-state index in [0.717, 1.165) is 4.88 Å². The molecule has 0 fully saturated rings. The number of hydrogen-bond donors (Lipinski definition) is 0. The number of rotatable bonds is 3. The second-order valence-corrected chi connectivity index (χ2v) is 6.03. The van der Waals surface area contributed by atoms with Gasteiger partial charge in [-0.25, -0.2) is 13.4 Å². The van der Waals surface area contributed by atoms with Crippen molar-refractivity contribution in [2.45, 2.75) is 11.6 Å². The highest BCUT2D eigenvalue weighted by Crippen LogP contribution is 2.16. The van der Waals surface area contributed by atoms with E-state index in [1.165, 1.54) is 17.6 Å². The molecule has 0 spiro atoms. The maximum Gasteiger partial charge on any atom is 0.153 e. The molecule has 0 aliphatic rings. The van der Waals surface area contributed by atoms with Crippen molar-refractivity contribution in [2.24, 2.45) is 0 Å². The van der Waals surface area contributed by atoms with Gasteiger partial charge in [0.2, 0.25) is 0 Å². The van der Waals surface area contributed by atoms with Gasteiger partial charge in [-0.3, -0.25) is 0 Å². The molecule has 1 rings (SSSR count). The highest BCUT2D eigenvalue weighted by Gasteiger charge is 2.08. The highest BCUT2D eigenvalue weighted by molar-refractivity contribution is 7.90. The molecule has 0 saturated heterocycles. The summed E-state index contributed by atoms with van der Waals surface area (Å²) in [5, 5.41) is 0.605. The summed E-state index contributed by atoms with van der Waals surface area (Å²) in [7, 11) is -2.97. The molecule has 0 unspecified atom stereocenters. The van der Waals surface area contributed by atoms with E-state index in [9.17, 15) is 8.42 Å². The molecule has 6 heteroatoms. The summed E-state index contributed by atoms with van der Waals surface area (Å²) in [5.74, 6) is 0.399. The average molecular weight is 226 g/mol. The predicted molar refractivity (Wildman–Crippen MR) is 50.2 cm³/mol. The lowest BCUT2D eigenvalue weighted by Gasteiger charge is -1.90. The van der Waals surface area contributed by atoms with E-state index in [-0.39, 0.29) is 5.75 Å². The number of aromatic nitrogens is 1. The standard InChI is InChI=1S/C6H8ClNO2S2/c1-12(9,10)4-6-8-3-5(2-7)11-6/h3H,2,4H2,1H3. The van der Waals surface area contributed by atoms with Crippen LogP contribution in [0.15, 0.2) is 6.20 Å². The fourth-order valence-electron chi connectivity index (χ4n) is 0.701. The number of hydrogen-bond acceptors (Lipinski definition) is 4. The zero-order chi connectivity index (χ0) is 9.19. The number of alkyl halides is 1. The van der Waals surface area contributed by atoms with Gasteiger partial charge in [0.05, 0.1) is 5.88 Å². The first-order valence-corrected chi connectivity index (χ1v) is 6.59. The lowest BCUT2D eigenvalue weighted by molar-refractivity contribution is 0.601. The fraction of sp³-hybridized carbons (Fsp3) is 0.500. The first-order valence-electron chi connectivity index (χ1n) is 3.18. The third-order valence-electron chi connectivity index (χ3n) is 1.12. The zero-order valence-electron chi connectivity index (χ0n) is 6.45. The van der Waals surface area contributed by atoms with Crippen LogP contribution < -0.4 is 0 Å². The van der Waals surface area contributed by atoms with Gasteiger partial charge in [-0.05, 0) is 0 Å². The van der Waals surface area contributed by atoms with Gasteiger partial charge >= 0.3 is 0 Å². The summed E-state index contributed by atoms with van der Waals surface area (Å²) in [6.45, 7) is 0. The molecular formula is C6H8ClNO2S2. The summed E-state index contributed by atoms with van der Waals surface area (Å²) in [5.41, 5.74) is 0. The maximum absolute atomic E-state index is 10.8. The molecule has 1 aromatic rings. The zero-order valence-corrected chi connectivity index (χ0v) is 8.84. The van der Waals surface area contributed by atoms with E-state index in [0.29, 0.717) is 10.9 Å². The highest BCUT2D eigenvalue weighted by atomic mass is 35.5. The molecule has 0 N–H and O–H groups in total. The van der Waals surface area contributed by atoms with Crippen molar-refractivity contribution < 1.29 is 8.42 Å². The minimum atomic E-state index is -2.97. The van der Waals surface area contributed by atoms with Crippen LogP contribution in [0, 0.1) is 0 Å². The maximum atomic E-state index is 10.8. The van der Waals surface area contributed by atoms with E-state index in [2.05, 4.69) is 4.98 Å². The van der Waals surface area contributed by atoms with Crippen LogP contribution in [0.2, 0.25) is 0 Å². The molecule has 12 heavy (non-hydrogen) atoms. The molecule has 0 atom stereocenters. The van der Waals surface area contributed by atoms with E-state index >= 15 is 0 Å². The molecule has 0 amide bonds. The summed E-state index contributed by atoms with van der Waals surface area (Å²) < 4.78 is 21.7. The topological polar surface area (TPSA) is 47.0 Å². The van der Waals surface area contributed by atoms with Crippen LogP contribution in [-0.4, -0.2) is 19.7 Å². The molecule has 0 radical (unpaired) electrons.